The number of carbonyl (C=O) groups is 2. The topological polar surface area (TPSA) is 58.2 Å². The number of hydrogen-bond donors (Lipinski definition) is 2. The summed E-state index contributed by atoms with van der Waals surface area (Å²) in [6, 6.07) is 5.94. The number of nitrogens with one attached hydrogen (secondary N) is 2. The van der Waals surface area contributed by atoms with E-state index in [0.29, 0.717) is 18.2 Å². The molecule has 2 N–H and O–H groups in total. The molecule has 1 atom stereocenters. The molecule has 4 nitrogen and oxygen atoms in total. The van der Waals surface area contributed by atoms with Crippen LogP contribution in [0.4, 0.5) is 31.1 Å². The van der Waals surface area contributed by atoms with Gasteiger partial charge in [-0.1, -0.05) is 24.3 Å². The molecule has 27 heavy (non-hydrogen) atoms. The van der Waals surface area contributed by atoms with E-state index in [1.54, 1.807) is 0 Å². The molecule has 1 aliphatic rings. The highest BCUT2D eigenvalue weighted by Crippen LogP contribution is 2.38. The Balaban J connectivity index is 2.18. The first-order valence-electron chi connectivity index (χ1n) is 7.43. The molecule has 2 aromatic carbocycles. The number of rotatable bonds is 2. The third-order valence-electron chi connectivity index (χ3n) is 4.14. The van der Waals surface area contributed by atoms with Crippen LogP contribution in [0.1, 0.15) is 22.3 Å². The van der Waals surface area contributed by atoms with Crippen LogP contribution in [0, 0.1) is 0 Å². The number of halogens is 6. The van der Waals surface area contributed by atoms with E-state index in [0.717, 1.165) is 24.3 Å². The first-order valence-corrected chi connectivity index (χ1v) is 7.43. The van der Waals surface area contributed by atoms with Gasteiger partial charge in [0, 0.05) is 0 Å². The largest absolute Gasteiger partial charge is 0.416 e. The number of benzene rings is 2. The molecule has 3 rings (SSSR count). The first-order chi connectivity index (χ1) is 12.4. The van der Waals surface area contributed by atoms with Gasteiger partial charge in [0.25, 0.3) is 5.91 Å². The summed E-state index contributed by atoms with van der Waals surface area (Å²) in [6.45, 7) is 0. The molecular formula is C17H10F6N2O2. The lowest BCUT2D eigenvalue weighted by atomic mass is 9.82. The third-order valence-corrected chi connectivity index (χ3v) is 4.14. The van der Waals surface area contributed by atoms with Crippen molar-refractivity contribution in [1.29, 1.82) is 0 Å². The molecule has 0 bridgehead atoms. The minimum absolute atomic E-state index is 0.113. The molecule has 2 aromatic rings. The van der Waals surface area contributed by atoms with Crippen LogP contribution in [0.5, 0.6) is 0 Å². The van der Waals surface area contributed by atoms with Crippen LogP contribution in [-0.2, 0) is 22.7 Å². The summed E-state index contributed by atoms with van der Waals surface area (Å²) in [7, 11) is 0. The highest BCUT2D eigenvalue weighted by molar-refractivity contribution is 6.09. The minimum Gasteiger partial charge on any atom is -0.316 e. The smallest absolute Gasteiger partial charge is 0.316 e. The highest BCUT2D eigenvalue weighted by Gasteiger charge is 2.50. The molecule has 1 fully saturated rings. The van der Waals surface area contributed by atoms with E-state index >= 15 is 0 Å². The van der Waals surface area contributed by atoms with Crippen LogP contribution in [-0.4, -0.2) is 11.9 Å². The number of amides is 3. The van der Waals surface area contributed by atoms with Crippen LogP contribution in [0.15, 0.2) is 48.5 Å². The van der Waals surface area contributed by atoms with Gasteiger partial charge in [0.1, 0.15) is 0 Å². The maximum Gasteiger partial charge on any atom is 0.416 e. The molecule has 1 heterocycles. The third kappa shape index (κ3) is 3.22. The maximum absolute atomic E-state index is 13.0. The van der Waals surface area contributed by atoms with Gasteiger partial charge >= 0.3 is 18.4 Å². The van der Waals surface area contributed by atoms with Gasteiger partial charge < -0.3 is 5.32 Å². The molecule has 0 aromatic heterocycles. The van der Waals surface area contributed by atoms with Crippen molar-refractivity contribution >= 4 is 11.9 Å². The average molecular weight is 388 g/mol. The second kappa shape index (κ2) is 6.00. The Hall–Kier alpha value is -3.04. The van der Waals surface area contributed by atoms with Crippen molar-refractivity contribution < 1.29 is 35.9 Å². The Labute approximate surface area is 148 Å². The number of hydrogen-bond acceptors (Lipinski definition) is 2. The summed E-state index contributed by atoms with van der Waals surface area (Å²) in [5.41, 5.74) is -4.50. The molecule has 1 unspecified atom stereocenters. The van der Waals surface area contributed by atoms with Crippen molar-refractivity contribution in [3.63, 3.8) is 0 Å². The van der Waals surface area contributed by atoms with Crippen molar-refractivity contribution in [3.05, 3.63) is 70.8 Å². The van der Waals surface area contributed by atoms with Crippen LogP contribution < -0.4 is 10.6 Å². The van der Waals surface area contributed by atoms with E-state index in [1.807, 2.05) is 5.32 Å². The zero-order valence-corrected chi connectivity index (χ0v) is 13.2. The van der Waals surface area contributed by atoms with E-state index in [2.05, 4.69) is 5.32 Å². The fraction of sp³-hybridized carbons (Fsp3) is 0.176. The Morgan fingerprint density at radius 3 is 1.81 bits per heavy atom. The molecule has 0 saturated carbocycles. The van der Waals surface area contributed by atoms with Crippen molar-refractivity contribution in [2.45, 2.75) is 17.9 Å². The molecule has 0 spiro atoms. The van der Waals surface area contributed by atoms with Crippen LogP contribution >= 0.6 is 0 Å². The van der Waals surface area contributed by atoms with Crippen LogP contribution in [0.2, 0.25) is 0 Å². The van der Waals surface area contributed by atoms with Gasteiger partial charge in [0.15, 0.2) is 5.54 Å². The quantitative estimate of drug-likeness (QED) is 0.607. The summed E-state index contributed by atoms with van der Waals surface area (Å²) in [6.07, 6.45) is -9.35. The van der Waals surface area contributed by atoms with Crippen molar-refractivity contribution in [1.82, 2.24) is 10.6 Å². The fourth-order valence-electron chi connectivity index (χ4n) is 2.87. The standard InChI is InChI=1S/C17H10F6N2O2/c18-16(19,20)10-6-4-9(5-7-10)15(13(26)24-14(27)25-15)11-2-1-3-12(8-11)17(21,22)23/h1-8H,(H2,24,25,26,27). The lowest BCUT2D eigenvalue weighted by Crippen LogP contribution is -2.45. The van der Waals surface area contributed by atoms with Gasteiger partial charge in [-0.25, -0.2) is 4.79 Å². The molecule has 142 valence electrons. The van der Waals surface area contributed by atoms with E-state index < -0.39 is 41.0 Å². The van der Waals surface area contributed by atoms with Gasteiger partial charge in [-0.3, -0.25) is 10.1 Å². The maximum atomic E-state index is 13.0. The Bertz CT molecular complexity index is 905. The lowest BCUT2D eigenvalue weighted by Gasteiger charge is -2.28. The average Bonchev–Trinajstić information content (AvgIpc) is 2.89. The number of alkyl halides is 6. The summed E-state index contributed by atoms with van der Waals surface area (Å²) >= 11 is 0. The zero-order valence-electron chi connectivity index (χ0n) is 13.2. The SMILES string of the molecule is O=C1NC(=O)C(c2ccc(C(F)(F)F)cc2)(c2cccc(C(F)(F)F)c2)N1. The van der Waals surface area contributed by atoms with Gasteiger partial charge in [-0.15, -0.1) is 0 Å². The van der Waals surface area contributed by atoms with Gasteiger partial charge in [-0.05, 0) is 35.4 Å². The first kappa shape index (κ1) is 18.7. The van der Waals surface area contributed by atoms with Crippen LogP contribution in [0.25, 0.3) is 0 Å². The molecule has 3 amide bonds. The van der Waals surface area contributed by atoms with Crippen molar-refractivity contribution in [3.8, 4) is 0 Å². The van der Waals surface area contributed by atoms with Gasteiger partial charge in [0.05, 0.1) is 11.1 Å². The van der Waals surface area contributed by atoms with Crippen molar-refractivity contribution in [2.24, 2.45) is 0 Å². The number of carbonyl (C=O) groups excluding carboxylic acids is 2. The van der Waals surface area contributed by atoms with E-state index in [9.17, 15) is 35.9 Å². The second-order valence-electron chi connectivity index (χ2n) is 5.81. The Morgan fingerprint density at radius 1 is 0.741 bits per heavy atom. The predicted octanol–water partition coefficient (Wildman–Crippen LogP) is 3.81. The Kier molecular flexibility index (Phi) is 4.16. The van der Waals surface area contributed by atoms with Gasteiger partial charge in [-0.2, -0.15) is 26.3 Å². The summed E-state index contributed by atoms with van der Waals surface area (Å²) in [5.74, 6) is -0.994. The number of urea groups is 1. The van der Waals surface area contributed by atoms with Gasteiger partial charge in [0.2, 0.25) is 0 Å². The fourth-order valence-corrected chi connectivity index (χ4v) is 2.87. The molecule has 0 radical (unpaired) electrons. The molecular weight excluding hydrogens is 378 g/mol. The monoisotopic (exact) mass is 388 g/mol. The molecule has 0 aliphatic carbocycles. The predicted molar refractivity (Wildman–Crippen MR) is 80.3 cm³/mol. The highest BCUT2D eigenvalue weighted by atomic mass is 19.4. The molecule has 1 saturated heterocycles. The van der Waals surface area contributed by atoms with E-state index in [-0.39, 0.29) is 11.1 Å². The lowest BCUT2D eigenvalue weighted by molar-refractivity contribution is -0.138. The van der Waals surface area contributed by atoms with Crippen molar-refractivity contribution in [2.75, 3.05) is 0 Å². The normalized spacial score (nSPS) is 20.4. The summed E-state index contributed by atoms with van der Waals surface area (Å²) in [5, 5.41) is 4.15. The van der Waals surface area contributed by atoms with Crippen LogP contribution in [0.3, 0.4) is 0 Å². The molecule has 10 heteroatoms. The molecule has 1 aliphatic heterocycles. The zero-order chi connectivity index (χ0) is 20.0. The Morgan fingerprint density at radius 2 is 1.33 bits per heavy atom. The second-order valence-corrected chi connectivity index (χ2v) is 5.81. The van der Waals surface area contributed by atoms with E-state index in [1.165, 1.54) is 6.07 Å². The minimum atomic E-state index is -4.71. The summed E-state index contributed by atoms with van der Waals surface area (Å²) in [4.78, 5) is 24.1. The van der Waals surface area contributed by atoms with E-state index in [4.69, 9.17) is 0 Å². The summed E-state index contributed by atoms with van der Waals surface area (Å²) < 4.78 is 77.4. The number of imide groups is 1.